The van der Waals surface area contributed by atoms with Gasteiger partial charge in [0, 0.05) is 11.3 Å². The van der Waals surface area contributed by atoms with Crippen LogP contribution in [-0.4, -0.2) is 9.78 Å². The Morgan fingerprint density at radius 3 is 2.88 bits per heavy atom. The second-order valence-electron chi connectivity index (χ2n) is 4.67. The van der Waals surface area contributed by atoms with Gasteiger partial charge >= 0.3 is 0 Å². The van der Waals surface area contributed by atoms with Crippen LogP contribution in [0.2, 0.25) is 0 Å². The van der Waals surface area contributed by atoms with Gasteiger partial charge in [-0.1, -0.05) is 12.1 Å². The van der Waals surface area contributed by atoms with Crippen molar-refractivity contribution >= 4 is 15.9 Å². The number of benzene rings is 1. The van der Waals surface area contributed by atoms with Crippen LogP contribution in [0.3, 0.4) is 0 Å². The first-order chi connectivity index (χ1) is 8.25. The van der Waals surface area contributed by atoms with Gasteiger partial charge in [-0.3, -0.25) is 0 Å². The van der Waals surface area contributed by atoms with E-state index in [-0.39, 0.29) is 0 Å². The monoisotopic (exact) mass is 290 g/mol. The second kappa shape index (κ2) is 4.30. The van der Waals surface area contributed by atoms with Crippen molar-refractivity contribution in [3.05, 3.63) is 45.7 Å². The lowest BCUT2D eigenvalue weighted by atomic mass is 9.98. The molecule has 1 heterocycles. The fourth-order valence-corrected chi connectivity index (χ4v) is 3.11. The van der Waals surface area contributed by atoms with Gasteiger partial charge in [-0.25, -0.2) is 4.68 Å². The van der Waals surface area contributed by atoms with Gasteiger partial charge in [0.2, 0.25) is 0 Å². The number of rotatable bonds is 1. The highest BCUT2D eigenvalue weighted by Crippen LogP contribution is 2.29. The van der Waals surface area contributed by atoms with Gasteiger partial charge in [0.15, 0.2) is 0 Å². The Labute approximate surface area is 110 Å². The van der Waals surface area contributed by atoms with E-state index in [2.05, 4.69) is 56.9 Å². The van der Waals surface area contributed by atoms with Gasteiger partial charge in [-0.15, -0.1) is 0 Å². The second-order valence-corrected chi connectivity index (χ2v) is 5.43. The number of hydrogen-bond donors (Lipinski definition) is 0. The zero-order valence-electron chi connectivity index (χ0n) is 9.91. The van der Waals surface area contributed by atoms with E-state index in [9.17, 15) is 0 Å². The minimum Gasteiger partial charge on any atom is -0.236 e. The number of nitrogens with zero attached hydrogens (tertiary/aromatic N) is 2. The Bertz CT molecular complexity index is 557. The van der Waals surface area contributed by atoms with E-state index < -0.39 is 0 Å². The molecule has 0 fully saturated rings. The topological polar surface area (TPSA) is 17.8 Å². The standard InChI is InChI=1S/C14H15BrN2/c1-10-5-4-6-11(9-10)17-13-8-3-2-7-12(13)14(15)16-17/h4-6,9H,2-3,7-8H2,1H3. The molecule has 0 radical (unpaired) electrons. The molecule has 0 amide bonds. The minimum atomic E-state index is 1.02. The highest BCUT2D eigenvalue weighted by atomic mass is 79.9. The predicted octanol–water partition coefficient (Wildman–Crippen LogP) is 3.82. The molecule has 0 saturated heterocycles. The van der Waals surface area contributed by atoms with Crippen molar-refractivity contribution in [2.45, 2.75) is 32.6 Å². The molecule has 1 aromatic carbocycles. The molecule has 2 nitrogen and oxygen atoms in total. The van der Waals surface area contributed by atoms with Crippen molar-refractivity contribution in [1.82, 2.24) is 9.78 Å². The molecule has 0 atom stereocenters. The van der Waals surface area contributed by atoms with E-state index in [0.717, 1.165) is 17.4 Å². The molecule has 0 unspecified atom stereocenters. The summed E-state index contributed by atoms with van der Waals surface area (Å²) in [5.74, 6) is 0. The van der Waals surface area contributed by atoms with Crippen LogP contribution in [0.4, 0.5) is 0 Å². The van der Waals surface area contributed by atoms with Crippen LogP contribution in [0.15, 0.2) is 28.9 Å². The summed E-state index contributed by atoms with van der Waals surface area (Å²) in [6.45, 7) is 2.12. The highest BCUT2D eigenvalue weighted by Gasteiger charge is 2.19. The molecule has 1 aromatic heterocycles. The molecule has 88 valence electrons. The Hall–Kier alpha value is -1.09. The third-order valence-electron chi connectivity index (χ3n) is 3.38. The maximum absolute atomic E-state index is 4.64. The quantitative estimate of drug-likeness (QED) is 0.781. The Morgan fingerprint density at radius 2 is 2.06 bits per heavy atom. The summed E-state index contributed by atoms with van der Waals surface area (Å²) < 4.78 is 3.12. The summed E-state index contributed by atoms with van der Waals surface area (Å²) in [5.41, 5.74) is 5.24. The van der Waals surface area contributed by atoms with Crippen molar-refractivity contribution in [1.29, 1.82) is 0 Å². The zero-order valence-corrected chi connectivity index (χ0v) is 11.5. The fourth-order valence-electron chi connectivity index (χ4n) is 2.53. The van der Waals surface area contributed by atoms with E-state index in [1.165, 1.54) is 35.3 Å². The lowest BCUT2D eigenvalue weighted by Gasteiger charge is -2.14. The van der Waals surface area contributed by atoms with Crippen LogP contribution >= 0.6 is 15.9 Å². The molecule has 0 saturated carbocycles. The van der Waals surface area contributed by atoms with Crippen molar-refractivity contribution in [3.8, 4) is 5.69 Å². The molecule has 17 heavy (non-hydrogen) atoms. The van der Waals surface area contributed by atoms with Crippen LogP contribution in [0.1, 0.15) is 29.7 Å². The molecule has 0 spiro atoms. The van der Waals surface area contributed by atoms with Crippen LogP contribution in [0, 0.1) is 6.92 Å². The van der Waals surface area contributed by atoms with Gasteiger partial charge in [0.25, 0.3) is 0 Å². The summed E-state index contributed by atoms with van der Waals surface area (Å²) in [4.78, 5) is 0. The fraction of sp³-hybridized carbons (Fsp3) is 0.357. The average Bonchev–Trinajstić information content (AvgIpc) is 2.68. The molecule has 1 aliphatic carbocycles. The lowest BCUT2D eigenvalue weighted by molar-refractivity contribution is 0.653. The first-order valence-electron chi connectivity index (χ1n) is 6.09. The van der Waals surface area contributed by atoms with Crippen molar-refractivity contribution in [2.75, 3.05) is 0 Å². The number of halogens is 1. The average molecular weight is 291 g/mol. The van der Waals surface area contributed by atoms with Gasteiger partial charge < -0.3 is 0 Å². The number of aromatic nitrogens is 2. The third-order valence-corrected chi connectivity index (χ3v) is 4.01. The lowest BCUT2D eigenvalue weighted by Crippen LogP contribution is -2.07. The molecule has 2 aromatic rings. The van der Waals surface area contributed by atoms with Crippen LogP contribution in [0.5, 0.6) is 0 Å². The van der Waals surface area contributed by atoms with Gasteiger partial charge in [-0.2, -0.15) is 5.10 Å². The summed E-state index contributed by atoms with van der Waals surface area (Å²) in [7, 11) is 0. The molecule has 3 rings (SSSR count). The summed E-state index contributed by atoms with van der Waals surface area (Å²) in [6, 6.07) is 8.53. The minimum absolute atomic E-state index is 1.02. The summed E-state index contributed by atoms with van der Waals surface area (Å²) in [5, 5.41) is 4.64. The molecule has 0 bridgehead atoms. The molecule has 1 aliphatic rings. The number of hydrogen-bond acceptors (Lipinski definition) is 1. The van der Waals surface area contributed by atoms with E-state index in [1.807, 2.05) is 0 Å². The summed E-state index contributed by atoms with van der Waals surface area (Å²) in [6.07, 6.45) is 4.85. The van der Waals surface area contributed by atoms with Crippen molar-refractivity contribution in [2.24, 2.45) is 0 Å². The zero-order chi connectivity index (χ0) is 11.8. The molecule has 0 aliphatic heterocycles. The largest absolute Gasteiger partial charge is 0.236 e. The normalized spacial score (nSPS) is 14.7. The van der Waals surface area contributed by atoms with Crippen LogP contribution in [0.25, 0.3) is 5.69 Å². The summed E-state index contributed by atoms with van der Waals surface area (Å²) >= 11 is 3.59. The molecule has 0 N–H and O–H groups in total. The molecule has 3 heteroatoms. The highest BCUT2D eigenvalue weighted by molar-refractivity contribution is 9.10. The van der Waals surface area contributed by atoms with Gasteiger partial charge in [0.05, 0.1) is 5.69 Å². The van der Waals surface area contributed by atoms with E-state index in [4.69, 9.17) is 0 Å². The van der Waals surface area contributed by atoms with E-state index in [0.29, 0.717) is 0 Å². The first-order valence-corrected chi connectivity index (χ1v) is 6.88. The Kier molecular flexibility index (Phi) is 2.79. The van der Waals surface area contributed by atoms with E-state index in [1.54, 1.807) is 0 Å². The predicted molar refractivity (Wildman–Crippen MR) is 72.6 cm³/mol. The molecular formula is C14H15BrN2. The van der Waals surface area contributed by atoms with Crippen molar-refractivity contribution < 1.29 is 0 Å². The maximum Gasteiger partial charge on any atom is 0.132 e. The molecular weight excluding hydrogens is 276 g/mol. The number of fused-ring (bicyclic) bond motifs is 1. The van der Waals surface area contributed by atoms with Crippen LogP contribution in [-0.2, 0) is 12.8 Å². The Balaban J connectivity index is 2.15. The number of aryl methyl sites for hydroxylation is 1. The SMILES string of the molecule is Cc1cccc(-n2nc(Br)c3c2CCCC3)c1. The van der Waals surface area contributed by atoms with Crippen molar-refractivity contribution in [3.63, 3.8) is 0 Å². The van der Waals surface area contributed by atoms with Crippen LogP contribution < -0.4 is 0 Å². The Morgan fingerprint density at radius 1 is 1.24 bits per heavy atom. The van der Waals surface area contributed by atoms with E-state index >= 15 is 0 Å². The third kappa shape index (κ3) is 1.93. The first kappa shape index (κ1) is 11.0. The smallest absolute Gasteiger partial charge is 0.132 e. The maximum atomic E-state index is 4.64. The van der Waals surface area contributed by atoms with Gasteiger partial charge in [0.1, 0.15) is 4.60 Å². The van der Waals surface area contributed by atoms with Gasteiger partial charge in [-0.05, 0) is 66.2 Å².